The number of sulfonamides is 1. The van der Waals surface area contributed by atoms with Gasteiger partial charge in [0.15, 0.2) is 0 Å². The number of hydrogen-bond acceptors (Lipinski definition) is 4. The van der Waals surface area contributed by atoms with Gasteiger partial charge in [-0.05, 0) is 64.7 Å². The highest BCUT2D eigenvalue weighted by Gasteiger charge is 2.23. The lowest BCUT2D eigenvalue weighted by Gasteiger charge is -2.17. The van der Waals surface area contributed by atoms with Gasteiger partial charge in [0.05, 0.1) is 8.68 Å². The summed E-state index contributed by atoms with van der Waals surface area (Å²) in [7, 11) is -2.00. The number of hydrogen-bond donors (Lipinski definition) is 1. The van der Waals surface area contributed by atoms with Crippen LogP contribution in [-0.4, -0.2) is 25.7 Å². The molecule has 2 aromatic rings. The van der Waals surface area contributed by atoms with Gasteiger partial charge in [0.1, 0.15) is 0 Å². The number of amides is 1. The number of nitrogens with zero attached hydrogens (tertiary/aromatic N) is 1. The molecule has 0 saturated heterocycles. The molecule has 1 aliphatic heterocycles. The Balaban J connectivity index is 1.86. The molecule has 8 heteroatoms. The van der Waals surface area contributed by atoms with E-state index in [1.807, 2.05) is 12.1 Å². The van der Waals surface area contributed by atoms with Crippen molar-refractivity contribution in [2.45, 2.75) is 30.7 Å². The molecule has 5 nitrogen and oxygen atoms in total. The topological polar surface area (TPSA) is 66.5 Å². The van der Waals surface area contributed by atoms with Crippen LogP contribution in [0.1, 0.15) is 23.3 Å². The summed E-state index contributed by atoms with van der Waals surface area (Å²) >= 11 is 4.90. The largest absolute Gasteiger partial charge is 0.326 e. The van der Waals surface area contributed by atoms with E-state index in [0.29, 0.717) is 25.1 Å². The van der Waals surface area contributed by atoms with Crippen LogP contribution in [0, 0.1) is 0 Å². The van der Waals surface area contributed by atoms with E-state index in [2.05, 4.69) is 21.2 Å². The van der Waals surface area contributed by atoms with Gasteiger partial charge in [-0.15, -0.1) is 11.3 Å². The Hall–Kier alpha value is -1.22. The van der Waals surface area contributed by atoms with E-state index in [1.165, 1.54) is 15.6 Å². The van der Waals surface area contributed by atoms with Crippen LogP contribution in [0.2, 0.25) is 0 Å². The Morgan fingerprint density at radius 3 is 2.75 bits per heavy atom. The van der Waals surface area contributed by atoms with Crippen molar-refractivity contribution in [1.82, 2.24) is 4.31 Å². The quantitative estimate of drug-likeness (QED) is 0.808. The first kappa shape index (κ1) is 17.6. The lowest BCUT2D eigenvalue weighted by Crippen LogP contribution is -2.26. The highest BCUT2D eigenvalue weighted by molar-refractivity contribution is 9.11. The number of anilines is 1. The van der Waals surface area contributed by atoms with E-state index in [4.69, 9.17) is 0 Å². The molecule has 1 amide bonds. The van der Waals surface area contributed by atoms with Crippen molar-refractivity contribution in [2.24, 2.45) is 0 Å². The molecule has 1 aliphatic rings. The number of rotatable bonds is 4. The summed E-state index contributed by atoms with van der Waals surface area (Å²) in [5, 5.41) is 2.82. The van der Waals surface area contributed by atoms with Gasteiger partial charge in [-0.25, -0.2) is 8.42 Å². The van der Waals surface area contributed by atoms with Gasteiger partial charge in [0, 0.05) is 30.6 Å². The summed E-state index contributed by atoms with van der Waals surface area (Å²) in [4.78, 5) is 12.8. The Bertz CT molecular complexity index is 877. The average molecular weight is 429 g/mol. The third-order valence-electron chi connectivity index (χ3n) is 3.92. The summed E-state index contributed by atoms with van der Waals surface area (Å²) < 4.78 is 27.9. The number of carbonyl (C=O) groups is 1. The molecule has 0 bridgehead atoms. The fourth-order valence-electron chi connectivity index (χ4n) is 2.63. The van der Waals surface area contributed by atoms with Crippen LogP contribution in [0.15, 0.2) is 39.0 Å². The van der Waals surface area contributed by atoms with Crippen LogP contribution in [0.3, 0.4) is 0 Å². The summed E-state index contributed by atoms with van der Waals surface area (Å²) in [5.41, 5.74) is 1.58. The van der Waals surface area contributed by atoms with Crippen molar-refractivity contribution in [3.63, 3.8) is 0 Å². The molecule has 3 rings (SSSR count). The number of thiophene rings is 1. The van der Waals surface area contributed by atoms with Crippen molar-refractivity contribution in [3.8, 4) is 0 Å². The number of nitrogens with one attached hydrogen (secondary N) is 1. The zero-order valence-corrected chi connectivity index (χ0v) is 16.3. The molecular formula is C16H17BrN2O3S2. The zero-order valence-electron chi connectivity index (χ0n) is 13.1. The van der Waals surface area contributed by atoms with Crippen LogP contribution in [0.4, 0.5) is 5.69 Å². The summed E-state index contributed by atoms with van der Waals surface area (Å²) in [6.07, 6.45) is 1.88. The van der Waals surface area contributed by atoms with E-state index in [-0.39, 0.29) is 10.8 Å². The third-order valence-corrected chi connectivity index (χ3v) is 7.32. The van der Waals surface area contributed by atoms with Gasteiger partial charge in [-0.3, -0.25) is 4.79 Å². The second-order valence-corrected chi connectivity index (χ2v) is 10.3. The number of carbonyl (C=O) groups excluding carboxylic acids is 1. The molecule has 0 fully saturated rings. The maximum Gasteiger partial charge on any atom is 0.243 e. The fourth-order valence-corrected chi connectivity index (χ4v) is 5.45. The van der Waals surface area contributed by atoms with E-state index in [1.54, 1.807) is 25.2 Å². The first-order chi connectivity index (χ1) is 11.4. The summed E-state index contributed by atoms with van der Waals surface area (Å²) in [5.74, 6) is -0.0234. The molecule has 1 aromatic carbocycles. The van der Waals surface area contributed by atoms with E-state index < -0.39 is 10.0 Å². The van der Waals surface area contributed by atoms with E-state index in [0.717, 1.165) is 20.6 Å². The highest BCUT2D eigenvalue weighted by Crippen LogP contribution is 2.28. The third kappa shape index (κ3) is 3.72. The van der Waals surface area contributed by atoms with Crippen LogP contribution in [-0.2, 0) is 27.8 Å². The van der Waals surface area contributed by atoms with Crippen molar-refractivity contribution in [3.05, 3.63) is 44.6 Å². The fraction of sp³-hybridized carbons (Fsp3) is 0.312. The molecular weight excluding hydrogens is 412 g/mol. The molecule has 0 radical (unpaired) electrons. The molecule has 1 aromatic heterocycles. The van der Waals surface area contributed by atoms with Crippen molar-refractivity contribution < 1.29 is 13.2 Å². The number of aryl methyl sites for hydroxylation is 1. The number of benzene rings is 1. The van der Waals surface area contributed by atoms with Gasteiger partial charge in [-0.2, -0.15) is 4.31 Å². The molecule has 128 valence electrons. The van der Waals surface area contributed by atoms with Crippen molar-refractivity contribution >= 4 is 48.9 Å². The van der Waals surface area contributed by atoms with Crippen LogP contribution in [0.25, 0.3) is 0 Å². The molecule has 0 spiro atoms. The minimum atomic E-state index is -3.57. The van der Waals surface area contributed by atoms with Crippen LogP contribution in [0.5, 0.6) is 0 Å². The Morgan fingerprint density at radius 1 is 1.25 bits per heavy atom. The summed E-state index contributed by atoms with van der Waals surface area (Å²) in [6.45, 7) is 0.326. The predicted molar refractivity (Wildman–Crippen MR) is 98.7 cm³/mol. The first-order valence-electron chi connectivity index (χ1n) is 7.49. The lowest BCUT2D eigenvalue weighted by atomic mass is 10.1. The van der Waals surface area contributed by atoms with Gasteiger partial charge in [-0.1, -0.05) is 0 Å². The lowest BCUT2D eigenvalue weighted by molar-refractivity contribution is -0.116. The molecule has 0 unspecified atom stereocenters. The first-order valence-corrected chi connectivity index (χ1v) is 10.5. The second kappa shape index (κ2) is 6.95. The standard InChI is InChI=1S/C16H17BrN2O3S2/c1-19(10-12-5-8-15(17)23-12)24(21,22)13-6-7-14-11(9-13)3-2-4-16(20)18-14/h5-9H,2-4,10H2,1H3,(H,18,20). The molecule has 0 saturated carbocycles. The van der Waals surface area contributed by atoms with E-state index >= 15 is 0 Å². The number of halogens is 1. The SMILES string of the molecule is CN(Cc1ccc(Br)s1)S(=O)(=O)c1ccc2c(c1)CCCC(=O)N2. The van der Waals surface area contributed by atoms with Gasteiger partial charge in [0.2, 0.25) is 15.9 Å². The van der Waals surface area contributed by atoms with Crippen LogP contribution >= 0.6 is 27.3 Å². The Labute approximate surface area is 153 Å². The van der Waals surface area contributed by atoms with Crippen molar-refractivity contribution in [2.75, 3.05) is 12.4 Å². The molecule has 24 heavy (non-hydrogen) atoms. The summed E-state index contributed by atoms with van der Waals surface area (Å²) in [6, 6.07) is 8.73. The Kier molecular flexibility index (Phi) is 5.10. The molecule has 2 heterocycles. The Morgan fingerprint density at radius 2 is 2.04 bits per heavy atom. The zero-order chi connectivity index (χ0) is 17.3. The maximum atomic E-state index is 12.8. The second-order valence-electron chi connectivity index (χ2n) is 5.69. The van der Waals surface area contributed by atoms with Gasteiger partial charge < -0.3 is 5.32 Å². The smallest absolute Gasteiger partial charge is 0.243 e. The molecule has 0 aliphatic carbocycles. The van der Waals surface area contributed by atoms with Crippen LogP contribution < -0.4 is 5.32 Å². The average Bonchev–Trinajstić information content (AvgIpc) is 2.83. The van der Waals surface area contributed by atoms with Gasteiger partial charge in [0.25, 0.3) is 0 Å². The molecule has 1 N–H and O–H groups in total. The monoisotopic (exact) mass is 428 g/mol. The maximum absolute atomic E-state index is 12.8. The van der Waals surface area contributed by atoms with Crippen molar-refractivity contribution in [1.29, 1.82) is 0 Å². The number of fused-ring (bicyclic) bond motifs is 1. The van der Waals surface area contributed by atoms with E-state index in [9.17, 15) is 13.2 Å². The predicted octanol–water partition coefficient (Wildman–Crippen LogP) is 3.61. The normalized spacial score (nSPS) is 15.0. The minimum absolute atomic E-state index is 0.0234. The highest BCUT2D eigenvalue weighted by atomic mass is 79.9. The van der Waals surface area contributed by atoms with Gasteiger partial charge >= 0.3 is 0 Å². The molecule has 0 atom stereocenters. The minimum Gasteiger partial charge on any atom is -0.326 e.